The Labute approximate surface area is 99.9 Å². The van der Waals surface area contributed by atoms with Gasteiger partial charge in [-0.3, -0.25) is 0 Å². The molecule has 4 heteroatoms. The van der Waals surface area contributed by atoms with E-state index in [4.69, 9.17) is 5.26 Å². The largest absolute Gasteiger partial charge is 0.313 e. The molecule has 0 heterocycles. The van der Waals surface area contributed by atoms with E-state index in [9.17, 15) is 4.39 Å². The Hall–Kier alpha value is -1.05. The molecule has 0 radical (unpaired) electrons. The van der Waals surface area contributed by atoms with Crippen molar-refractivity contribution in [1.29, 1.82) is 5.26 Å². The molecule has 0 aliphatic carbocycles. The summed E-state index contributed by atoms with van der Waals surface area (Å²) in [6.45, 7) is 1.53. The Balaban J connectivity index is 2.42. The maximum Gasteiger partial charge on any atom is 0.124 e. The minimum absolute atomic E-state index is 0.347. The molecular weight excluding hydrogens is 223 g/mol. The molecule has 1 N–H and O–H groups in total. The van der Waals surface area contributed by atoms with Gasteiger partial charge in [0.25, 0.3) is 0 Å². The fourth-order valence-electron chi connectivity index (χ4n) is 1.39. The highest BCUT2D eigenvalue weighted by Gasteiger charge is 1.99. The molecular formula is C12H15FN2S. The standard InChI is InChI=1S/C12H15FN2S/c1-16-4-2-3-15-9-11-5-10(8-14)6-12(13)7-11/h5-7,15H,2-4,9H2,1H3. The Morgan fingerprint density at radius 2 is 2.25 bits per heavy atom. The van der Waals surface area contributed by atoms with Gasteiger partial charge in [0.05, 0.1) is 11.6 Å². The van der Waals surface area contributed by atoms with Crippen molar-refractivity contribution in [3.05, 3.63) is 35.1 Å². The van der Waals surface area contributed by atoms with Crippen molar-refractivity contribution in [2.24, 2.45) is 0 Å². The summed E-state index contributed by atoms with van der Waals surface area (Å²) < 4.78 is 13.1. The molecule has 1 aromatic rings. The highest BCUT2D eigenvalue weighted by atomic mass is 32.2. The summed E-state index contributed by atoms with van der Waals surface area (Å²) in [6.07, 6.45) is 3.17. The predicted molar refractivity (Wildman–Crippen MR) is 65.8 cm³/mol. The van der Waals surface area contributed by atoms with Crippen LogP contribution in [0.25, 0.3) is 0 Å². The van der Waals surface area contributed by atoms with Crippen molar-refractivity contribution in [3.63, 3.8) is 0 Å². The van der Waals surface area contributed by atoms with Gasteiger partial charge in [0, 0.05) is 6.54 Å². The van der Waals surface area contributed by atoms with Crippen LogP contribution in [0.1, 0.15) is 17.5 Å². The van der Waals surface area contributed by atoms with Crippen molar-refractivity contribution in [2.45, 2.75) is 13.0 Å². The number of hydrogen-bond donors (Lipinski definition) is 1. The molecule has 0 saturated carbocycles. The third kappa shape index (κ3) is 4.65. The Morgan fingerprint density at radius 3 is 2.94 bits per heavy atom. The van der Waals surface area contributed by atoms with E-state index in [0.29, 0.717) is 12.1 Å². The lowest BCUT2D eigenvalue weighted by Gasteiger charge is -2.05. The first kappa shape index (κ1) is 13.0. The molecule has 0 saturated heterocycles. The zero-order valence-corrected chi connectivity index (χ0v) is 10.1. The lowest BCUT2D eigenvalue weighted by atomic mass is 10.1. The summed E-state index contributed by atoms with van der Waals surface area (Å²) in [5, 5.41) is 11.9. The number of rotatable bonds is 6. The fourth-order valence-corrected chi connectivity index (χ4v) is 1.82. The zero-order chi connectivity index (χ0) is 11.8. The van der Waals surface area contributed by atoms with Crippen molar-refractivity contribution in [2.75, 3.05) is 18.6 Å². The zero-order valence-electron chi connectivity index (χ0n) is 9.29. The van der Waals surface area contributed by atoms with Gasteiger partial charge in [0.2, 0.25) is 0 Å². The molecule has 0 amide bonds. The van der Waals surface area contributed by atoms with Crippen molar-refractivity contribution < 1.29 is 4.39 Å². The number of hydrogen-bond acceptors (Lipinski definition) is 3. The molecule has 0 spiro atoms. The minimum atomic E-state index is -0.347. The summed E-state index contributed by atoms with van der Waals surface area (Å²) in [5.41, 5.74) is 1.20. The molecule has 86 valence electrons. The second kappa shape index (κ2) is 7.26. The van der Waals surface area contributed by atoms with Crippen LogP contribution in [-0.4, -0.2) is 18.6 Å². The SMILES string of the molecule is CSCCCNCc1cc(F)cc(C#N)c1. The molecule has 0 atom stereocenters. The van der Waals surface area contributed by atoms with Crippen LogP contribution in [0.3, 0.4) is 0 Å². The van der Waals surface area contributed by atoms with Crippen molar-refractivity contribution in [3.8, 4) is 6.07 Å². The fraction of sp³-hybridized carbons (Fsp3) is 0.417. The van der Waals surface area contributed by atoms with Crippen LogP contribution in [0.4, 0.5) is 4.39 Å². The van der Waals surface area contributed by atoms with Crippen molar-refractivity contribution in [1.82, 2.24) is 5.32 Å². The summed E-state index contributed by atoms with van der Waals surface area (Å²) >= 11 is 1.81. The Bertz CT molecular complexity index is 374. The average molecular weight is 238 g/mol. The van der Waals surface area contributed by atoms with Crippen LogP contribution in [0, 0.1) is 17.1 Å². The molecule has 2 nitrogen and oxygen atoms in total. The van der Waals surface area contributed by atoms with Crippen LogP contribution in [0.15, 0.2) is 18.2 Å². The maximum atomic E-state index is 13.1. The second-order valence-corrected chi connectivity index (χ2v) is 4.47. The molecule has 0 fully saturated rings. The molecule has 0 bridgehead atoms. The Kier molecular flexibility index (Phi) is 5.91. The number of halogens is 1. The minimum Gasteiger partial charge on any atom is -0.313 e. The van der Waals surface area contributed by atoms with Gasteiger partial charge >= 0.3 is 0 Å². The smallest absolute Gasteiger partial charge is 0.124 e. The molecule has 0 aliphatic rings. The number of nitriles is 1. The average Bonchev–Trinajstić information content (AvgIpc) is 2.28. The normalized spacial score (nSPS) is 10.1. The van der Waals surface area contributed by atoms with Gasteiger partial charge in [-0.2, -0.15) is 17.0 Å². The molecule has 1 aromatic carbocycles. The topological polar surface area (TPSA) is 35.8 Å². The van der Waals surface area contributed by atoms with Gasteiger partial charge in [0.15, 0.2) is 0 Å². The summed E-state index contributed by atoms with van der Waals surface area (Å²) in [4.78, 5) is 0. The third-order valence-electron chi connectivity index (χ3n) is 2.12. The highest BCUT2D eigenvalue weighted by Crippen LogP contribution is 2.08. The van der Waals surface area contributed by atoms with Crippen LogP contribution >= 0.6 is 11.8 Å². The predicted octanol–water partition coefficient (Wildman–Crippen LogP) is 2.54. The number of benzene rings is 1. The van der Waals surface area contributed by atoms with E-state index in [0.717, 1.165) is 24.3 Å². The monoisotopic (exact) mass is 238 g/mol. The van der Waals surface area contributed by atoms with Crippen LogP contribution in [-0.2, 0) is 6.54 Å². The molecule has 1 rings (SSSR count). The first-order valence-corrected chi connectivity index (χ1v) is 6.55. The van der Waals surface area contributed by atoms with E-state index in [1.807, 2.05) is 17.8 Å². The van der Waals surface area contributed by atoms with Gasteiger partial charge < -0.3 is 5.32 Å². The van der Waals surface area contributed by atoms with Crippen molar-refractivity contribution >= 4 is 11.8 Å². The quantitative estimate of drug-likeness (QED) is 0.774. The van der Waals surface area contributed by atoms with Crippen LogP contribution in [0.2, 0.25) is 0 Å². The molecule has 16 heavy (non-hydrogen) atoms. The van der Waals surface area contributed by atoms with E-state index in [2.05, 4.69) is 11.6 Å². The van der Waals surface area contributed by atoms with E-state index >= 15 is 0 Å². The lowest BCUT2D eigenvalue weighted by molar-refractivity contribution is 0.619. The van der Waals surface area contributed by atoms with Gasteiger partial charge in [-0.25, -0.2) is 4.39 Å². The highest BCUT2D eigenvalue weighted by molar-refractivity contribution is 7.98. The van der Waals surface area contributed by atoms with Gasteiger partial charge in [0.1, 0.15) is 5.82 Å². The van der Waals surface area contributed by atoms with E-state index in [1.54, 1.807) is 6.07 Å². The molecule has 0 unspecified atom stereocenters. The summed E-state index contributed by atoms with van der Waals surface area (Å²) in [5.74, 6) is 0.777. The first-order chi connectivity index (χ1) is 7.76. The van der Waals surface area contributed by atoms with Gasteiger partial charge in [-0.1, -0.05) is 0 Å². The van der Waals surface area contributed by atoms with Gasteiger partial charge in [-0.05, 0) is 48.7 Å². The Morgan fingerprint density at radius 1 is 1.44 bits per heavy atom. The molecule has 0 aromatic heterocycles. The van der Waals surface area contributed by atoms with Gasteiger partial charge in [-0.15, -0.1) is 0 Å². The van der Waals surface area contributed by atoms with Crippen LogP contribution in [0.5, 0.6) is 0 Å². The van der Waals surface area contributed by atoms with Crippen LogP contribution < -0.4 is 5.32 Å². The second-order valence-electron chi connectivity index (χ2n) is 3.48. The first-order valence-electron chi connectivity index (χ1n) is 5.15. The van der Waals surface area contributed by atoms with E-state index < -0.39 is 0 Å². The number of nitrogens with zero attached hydrogens (tertiary/aromatic N) is 1. The van der Waals surface area contributed by atoms with E-state index in [1.165, 1.54) is 12.1 Å². The lowest BCUT2D eigenvalue weighted by Crippen LogP contribution is -2.15. The number of thioether (sulfide) groups is 1. The summed E-state index contributed by atoms with van der Waals surface area (Å²) in [7, 11) is 0. The maximum absolute atomic E-state index is 13.1. The number of nitrogens with one attached hydrogen (secondary N) is 1. The third-order valence-corrected chi connectivity index (χ3v) is 2.81. The summed E-state index contributed by atoms with van der Waals surface area (Å²) in [6, 6.07) is 6.37. The molecule has 0 aliphatic heterocycles. The van der Waals surface area contributed by atoms with E-state index in [-0.39, 0.29) is 5.82 Å².